The van der Waals surface area contributed by atoms with Crippen LogP contribution in [0.4, 0.5) is 10.5 Å². The lowest BCUT2D eigenvalue weighted by molar-refractivity contribution is -0.130. The number of urea groups is 1. The van der Waals surface area contributed by atoms with Gasteiger partial charge in [0.2, 0.25) is 0 Å². The number of amides is 3. The van der Waals surface area contributed by atoms with Crippen LogP contribution in [0.1, 0.15) is 34.7 Å². The standard InChI is InChI=1S/C28H31N5O2/c1-19-13-20(2)15-24(14-19)31-27(35)30-17-22-9-11-23(12-10-22)18-33-25(34)28(3,32-26(33)29)16-21-7-5-4-6-8-21/h4-15H,16-18H2,1-3H3,(H2,29,32)(H2,30,31,35). The van der Waals surface area contributed by atoms with E-state index < -0.39 is 5.54 Å². The van der Waals surface area contributed by atoms with E-state index in [0.717, 1.165) is 33.5 Å². The molecule has 0 aromatic heterocycles. The maximum Gasteiger partial charge on any atom is 0.319 e. The van der Waals surface area contributed by atoms with Crippen molar-refractivity contribution >= 4 is 23.6 Å². The van der Waals surface area contributed by atoms with Gasteiger partial charge in [-0.15, -0.1) is 0 Å². The highest BCUT2D eigenvalue weighted by Crippen LogP contribution is 2.24. The molecule has 1 atom stereocenters. The van der Waals surface area contributed by atoms with Gasteiger partial charge in [-0.05, 0) is 60.7 Å². The number of guanidine groups is 1. The molecule has 1 aliphatic rings. The van der Waals surface area contributed by atoms with E-state index in [2.05, 4.69) is 22.0 Å². The molecular formula is C28H31N5O2. The summed E-state index contributed by atoms with van der Waals surface area (Å²) in [4.78, 5) is 26.9. The summed E-state index contributed by atoms with van der Waals surface area (Å²) >= 11 is 0. The van der Waals surface area contributed by atoms with Gasteiger partial charge in [-0.1, -0.05) is 60.7 Å². The topological polar surface area (TPSA) is 97.3 Å². The van der Waals surface area contributed by atoms with Gasteiger partial charge in [0.15, 0.2) is 5.96 Å². The van der Waals surface area contributed by atoms with Crippen LogP contribution in [0.25, 0.3) is 0 Å². The molecule has 7 nitrogen and oxygen atoms in total. The molecule has 1 heterocycles. The number of anilines is 1. The van der Waals surface area contributed by atoms with Crippen LogP contribution in [-0.2, 0) is 24.3 Å². The van der Waals surface area contributed by atoms with E-state index in [9.17, 15) is 9.59 Å². The maximum atomic E-state index is 13.2. The molecular weight excluding hydrogens is 438 g/mol. The number of carbonyl (C=O) groups excluding carboxylic acids is 2. The minimum absolute atomic E-state index is 0.111. The Labute approximate surface area is 206 Å². The van der Waals surface area contributed by atoms with Crippen LogP contribution >= 0.6 is 0 Å². The summed E-state index contributed by atoms with van der Waals surface area (Å²) < 4.78 is 0. The normalized spacial score (nSPS) is 17.3. The van der Waals surface area contributed by atoms with Gasteiger partial charge >= 0.3 is 6.03 Å². The lowest BCUT2D eigenvalue weighted by atomic mass is 9.93. The number of hydrogen-bond donors (Lipinski definition) is 4. The Balaban J connectivity index is 1.32. The Hall–Kier alpha value is -4.13. The minimum Gasteiger partial charge on any atom is -0.342 e. The molecule has 180 valence electrons. The predicted molar refractivity (Wildman–Crippen MR) is 138 cm³/mol. The first-order chi connectivity index (χ1) is 16.7. The van der Waals surface area contributed by atoms with Crippen LogP contribution in [0, 0.1) is 19.3 Å². The first-order valence-corrected chi connectivity index (χ1v) is 11.7. The van der Waals surface area contributed by atoms with Crippen LogP contribution in [-0.4, -0.2) is 28.3 Å². The molecule has 1 unspecified atom stereocenters. The number of hydrogen-bond acceptors (Lipinski definition) is 3. The lowest BCUT2D eigenvalue weighted by Gasteiger charge is -2.22. The SMILES string of the molecule is Cc1cc(C)cc(NC(=O)NCc2ccc(CN3C(=N)NC(C)(Cc4ccccc4)C3=O)cc2)c1. The summed E-state index contributed by atoms with van der Waals surface area (Å²) in [6, 6.07) is 23.2. The summed E-state index contributed by atoms with van der Waals surface area (Å²) in [7, 11) is 0. The Morgan fingerprint density at radius 2 is 1.57 bits per heavy atom. The molecule has 3 amide bonds. The van der Waals surface area contributed by atoms with Crippen molar-refractivity contribution in [2.24, 2.45) is 0 Å². The van der Waals surface area contributed by atoms with Gasteiger partial charge in [0.1, 0.15) is 5.54 Å². The summed E-state index contributed by atoms with van der Waals surface area (Å²) in [5.74, 6) is 0.00221. The fourth-order valence-electron chi connectivity index (χ4n) is 4.41. The van der Waals surface area contributed by atoms with Crippen molar-refractivity contribution in [3.05, 3.63) is 101 Å². The zero-order valence-corrected chi connectivity index (χ0v) is 20.3. The van der Waals surface area contributed by atoms with E-state index in [-0.39, 0.29) is 17.9 Å². The van der Waals surface area contributed by atoms with Crippen molar-refractivity contribution in [3.63, 3.8) is 0 Å². The molecule has 3 aromatic rings. The summed E-state index contributed by atoms with van der Waals surface area (Å²) in [6.07, 6.45) is 0.514. The molecule has 0 radical (unpaired) electrons. The monoisotopic (exact) mass is 469 g/mol. The van der Waals surface area contributed by atoms with Crippen LogP contribution in [0.5, 0.6) is 0 Å². The van der Waals surface area contributed by atoms with Crippen molar-refractivity contribution in [2.45, 2.75) is 45.8 Å². The first kappa shape index (κ1) is 24.0. The molecule has 1 fully saturated rings. The maximum absolute atomic E-state index is 13.2. The van der Waals surface area contributed by atoms with E-state index in [1.807, 2.05) is 87.5 Å². The number of nitrogens with one attached hydrogen (secondary N) is 4. The van der Waals surface area contributed by atoms with Crippen LogP contribution in [0.3, 0.4) is 0 Å². The molecule has 35 heavy (non-hydrogen) atoms. The minimum atomic E-state index is -0.842. The highest BCUT2D eigenvalue weighted by atomic mass is 16.2. The Morgan fingerprint density at radius 1 is 0.943 bits per heavy atom. The second-order valence-electron chi connectivity index (χ2n) is 9.36. The van der Waals surface area contributed by atoms with Crippen molar-refractivity contribution in [1.82, 2.24) is 15.5 Å². The highest BCUT2D eigenvalue weighted by Gasteiger charge is 2.45. The van der Waals surface area contributed by atoms with Crippen molar-refractivity contribution in [2.75, 3.05) is 5.32 Å². The number of aryl methyl sites for hydroxylation is 2. The molecule has 7 heteroatoms. The van der Waals surface area contributed by atoms with Gasteiger partial charge in [0.05, 0.1) is 6.54 Å². The first-order valence-electron chi connectivity index (χ1n) is 11.7. The van der Waals surface area contributed by atoms with E-state index in [1.54, 1.807) is 0 Å². The fourth-order valence-corrected chi connectivity index (χ4v) is 4.41. The smallest absolute Gasteiger partial charge is 0.319 e. The third kappa shape index (κ3) is 5.87. The third-order valence-electron chi connectivity index (χ3n) is 6.08. The van der Waals surface area contributed by atoms with Gasteiger partial charge in [0.25, 0.3) is 5.91 Å². The number of nitrogens with zero attached hydrogens (tertiary/aromatic N) is 1. The molecule has 1 aliphatic heterocycles. The molecule has 0 spiro atoms. The van der Waals surface area contributed by atoms with Crippen LogP contribution in [0.2, 0.25) is 0 Å². The second-order valence-corrected chi connectivity index (χ2v) is 9.36. The van der Waals surface area contributed by atoms with Crippen LogP contribution < -0.4 is 16.0 Å². The molecule has 3 aromatic carbocycles. The van der Waals surface area contributed by atoms with Crippen molar-refractivity contribution in [1.29, 1.82) is 5.41 Å². The van der Waals surface area contributed by atoms with E-state index in [0.29, 0.717) is 19.5 Å². The van der Waals surface area contributed by atoms with E-state index in [1.165, 1.54) is 4.90 Å². The number of carbonyl (C=O) groups is 2. The average molecular weight is 470 g/mol. The Kier molecular flexibility index (Phi) is 6.87. The quantitative estimate of drug-likeness (QED) is 0.410. The van der Waals surface area contributed by atoms with Gasteiger partial charge in [-0.2, -0.15) is 0 Å². The molecule has 4 rings (SSSR count). The average Bonchev–Trinajstić information content (AvgIpc) is 3.01. The molecule has 0 saturated carbocycles. The van der Waals surface area contributed by atoms with E-state index in [4.69, 9.17) is 5.41 Å². The number of benzene rings is 3. The molecule has 1 saturated heterocycles. The second kappa shape index (κ2) is 10.0. The number of rotatable bonds is 7. The van der Waals surface area contributed by atoms with Crippen molar-refractivity contribution in [3.8, 4) is 0 Å². The largest absolute Gasteiger partial charge is 0.342 e. The van der Waals surface area contributed by atoms with Crippen LogP contribution in [0.15, 0.2) is 72.8 Å². The predicted octanol–water partition coefficient (Wildman–Crippen LogP) is 4.49. The Bertz CT molecular complexity index is 1220. The van der Waals surface area contributed by atoms with Gasteiger partial charge in [-0.25, -0.2) is 4.79 Å². The van der Waals surface area contributed by atoms with Crippen molar-refractivity contribution < 1.29 is 9.59 Å². The molecule has 4 N–H and O–H groups in total. The molecule has 0 aliphatic carbocycles. The Morgan fingerprint density at radius 3 is 2.23 bits per heavy atom. The van der Waals surface area contributed by atoms with E-state index >= 15 is 0 Å². The lowest BCUT2D eigenvalue weighted by Crippen LogP contribution is -2.45. The van der Waals surface area contributed by atoms with Gasteiger partial charge in [0, 0.05) is 18.7 Å². The summed E-state index contributed by atoms with van der Waals surface area (Å²) in [5, 5.41) is 17.1. The fraction of sp³-hybridized carbons (Fsp3) is 0.250. The van der Waals surface area contributed by atoms with Gasteiger partial charge < -0.3 is 16.0 Å². The summed E-state index contributed by atoms with van der Waals surface area (Å²) in [5.41, 5.74) is 5.01. The highest BCUT2D eigenvalue weighted by molar-refractivity contribution is 6.07. The third-order valence-corrected chi connectivity index (χ3v) is 6.08. The zero-order chi connectivity index (χ0) is 25.0. The summed E-state index contributed by atoms with van der Waals surface area (Å²) in [6.45, 7) is 6.53. The molecule has 0 bridgehead atoms. The zero-order valence-electron chi connectivity index (χ0n) is 20.3. The van der Waals surface area contributed by atoms with Gasteiger partial charge in [-0.3, -0.25) is 15.1 Å².